The van der Waals surface area contributed by atoms with Gasteiger partial charge in [-0.25, -0.2) is 0 Å². The van der Waals surface area contributed by atoms with Gasteiger partial charge in [0.05, 0.1) is 22.7 Å². The first-order chi connectivity index (χ1) is 11.6. The topological polar surface area (TPSA) is 104 Å². The Hall–Kier alpha value is -2.27. The minimum absolute atomic E-state index is 0. The van der Waals surface area contributed by atoms with Crippen LogP contribution in [0.15, 0.2) is 48.5 Å². The third kappa shape index (κ3) is 28.8. The molecule has 0 aliphatic rings. The minimum Gasteiger partial charge on any atom is -0.418 e. The van der Waals surface area contributed by atoms with Gasteiger partial charge in [-0.2, -0.15) is 0 Å². The van der Waals surface area contributed by atoms with Gasteiger partial charge >= 0.3 is 31.6 Å². The number of hydrogen-bond acceptors (Lipinski definition) is 4. The van der Waals surface area contributed by atoms with E-state index in [1.54, 1.807) is 24.3 Å². The van der Waals surface area contributed by atoms with E-state index in [1.165, 1.54) is 0 Å². The molecular formula is C12H16B2CuF8N4. The van der Waals surface area contributed by atoms with E-state index in [0.717, 1.165) is 0 Å². The molecule has 0 atom stereocenters. The summed E-state index contributed by atoms with van der Waals surface area (Å²) in [6.45, 7) is 0. The summed E-state index contributed by atoms with van der Waals surface area (Å²) in [7, 11) is -12.0. The third-order valence-electron chi connectivity index (χ3n) is 1.99. The Morgan fingerprint density at radius 3 is 0.630 bits per heavy atom. The molecule has 0 bridgehead atoms. The van der Waals surface area contributed by atoms with Crippen molar-refractivity contribution in [3.8, 4) is 0 Å². The van der Waals surface area contributed by atoms with Crippen LogP contribution >= 0.6 is 0 Å². The molecule has 0 spiro atoms. The molecule has 0 aliphatic heterocycles. The van der Waals surface area contributed by atoms with Crippen LogP contribution in [-0.4, -0.2) is 14.5 Å². The summed E-state index contributed by atoms with van der Waals surface area (Å²) < 4.78 is 78.0. The number of para-hydroxylation sites is 4. The second-order valence-electron chi connectivity index (χ2n) is 4.25. The molecule has 0 unspecified atom stereocenters. The molecule has 0 aliphatic carbocycles. The fourth-order valence-electron chi connectivity index (χ4n) is 1.02. The van der Waals surface area contributed by atoms with Crippen LogP contribution in [0, 0.1) is 0 Å². The Balaban J connectivity index is -0.000000289. The van der Waals surface area contributed by atoms with Gasteiger partial charge in [0.1, 0.15) is 0 Å². The predicted molar refractivity (Wildman–Crippen MR) is 90.9 cm³/mol. The number of nitrogens with two attached hydrogens (primary N) is 4. The molecule has 2 rings (SSSR count). The average molecular weight is 453 g/mol. The largest absolute Gasteiger partial charge is 2.00 e. The number of nitrogen functional groups attached to an aromatic ring is 4. The van der Waals surface area contributed by atoms with Gasteiger partial charge in [0.2, 0.25) is 0 Å². The average Bonchev–Trinajstić information content (AvgIpc) is 2.43. The van der Waals surface area contributed by atoms with Gasteiger partial charge in [-0.15, -0.1) is 0 Å². The van der Waals surface area contributed by atoms with Crippen LogP contribution in [0.1, 0.15) is 0 Å². The fraction of sp³-hybridized carbons (Fsp3) is 0. The Bertz CT molecular complexity index is 534. The molecule has 0 aromatic heterocycles. The minimum atomic E-state index is -6.00. The summed E-state index contributed by atoms with van der Waals surface area (Å²) in [5, 5.41) is 0. The number of anilines is 4. The van der Waals surface area contributed by atoms with Crippen molar-refractivity contribution in [1.29, 1.82) is 0 Å². The maximum absolute atomic E-state index is 9.75. The van der Waals surface area contributed by atoms with Crippen molar-refractivity contribution in [3.05, 3.63) is 48.5 Å². The zero-order chi connectivity index (χ0) is 21.0. The summed E-state index contributed by atoms with van der Waals surface area (Å²) in [6, 6.07) is 14.5. The standard InChI is InChI=1S/2C6H8N2.2BF4.Cu/c2*7-5-3-1-2-4-6(5)8;2*2-1(3,4)5;/h2*1-4H,7-8H2;;;/q;;2*-1;+2. The maximum Gasteiger partial charge on any atom is 2.00 e. The van der Waals surface area contributed by atoms with Crippen molar-refractivity contribution in [2.24, 2.45) is 0 Å². The van der Waals surface area contributed by atoms with Crippen molar-refractivity contribution < 1.29 is 51.6 Å². The van der Waals surface area contributed by atoms with E-state index in [1.807, 2.05) is 24.3 Å². The van der Waals surface area contributed by atoms with E-state index in [2.05, 4.69) is 0 Å². The molecule has 27 heavy (non-hydrogen) atoms. The van der Waals surface area contributed by atoms with Crippen molar-refractivity contribution in [2.45, 2.75) is 0 Å². The smallest absolute Gasteiger partial charge is 0.418 e. The Morgan fingerprint density at radius 1 is 0.444 bits per heavy atom. The molecule has 15 heteroatoms. The molecular weight excluding hydrogens is 437 g/mol. The quantitative estimate of drug-likeness (QED) is 0.271. The summed E-state index contributed by atoms with van der Waals surface area (Å²) in [4.78, 5) is 0. The van der Waals surface area contributed by atoms with E-state index in [0.29, 0.717) is 22.7 Å². The van der Waals surface area contributed by atoms with Crippen LogP contribution in [0.5, 0.6) is 0 Å². The van der Waals surface area contributed by atoms with Gasteiger partial charge in [-0.05, 0) is 24.3 Å². The molecule has 0 amide bonds. The van der Waals surface area contributed by atoms with Crippen molar-refractivity contribution in [2.75, 3.05) is 22.9 Å². The molecule has 0 saturated heterocycles. The van der Waals surface area contributed by atoms with E-state index < -0.39 is 14.5 Å². The van der Waals surface area contributed by atoms with Crippen LogP contribution in [0.3, 0.4) is 0 Å². The van der Waals surface area contributed by atoms with Gasteiger partial charge < -0.3 is 57.5 Å². The van der Waals surface area contributed by atoms with Gasteiger partial charge in [0.25, 0.3) is 0 Å². The van der Waals surface area contributed by atoms with E-state index >= 15 is 0 Å². The third-order valence-corrected chi connectivity index (χ3v) is 1.99. The van der Waals surface area contributed by atoms with Gasteiger partial charge in [0.15, 0.2) is 0 Å². The van der Waals surface area contributed by atoms with E-state index in [-0.39, 0.29) is 17.1 Å². The molecule has 0 heterocycles. The molecule has 0 saturated carbocycles. The Labute approximate surface area is 160 Å². The SMILES string of the molecule is F[B-](F)(F)F.F[B-](F)(F)F.Nc1ccccc1N.Nc1ccccc1N.[Cu+2]. The molecule has 2 aromatic carbocycles. The summed E-state index contributed by atoms with van der Waals surface area (Å²) in [6.07, 6.45) is 0. The monoisotopic (exact) mass is 453 g/mol. The Kier molecular flexibility index (Phi) is 15.2. The van der Waals surface area contributed by atoms with Crippen LogP contribution in [-0.2, 0) is 17.1 Å². The first-order valence-electron chi connectivity index (χ1n) is 6.56. The number of rotatable bonds is 0. The van der Waals surface area contributed by atoms with Crippen molar-refractivity contribution >= 4 is 37.3 Å². The van der Waals surface area contributed by atoms with Crippen molar-refractivity contribution in [1.82, 2.24) is 0 Å². The first kappa shape index (κ1) is 29.5. The maximum atomic E-state index is 9.75. The summed E-state index contributed by atoms with van der Waals surface area (Å²) >= 11 is 0. The summed E-state index contributed by atoms with van der Waals surface area (Å²) in [5.74, 6) is 0. The zero-order valence-electron chi connectivity index (χ0n) is 13.4. The predicted octanol–water partition coefficient (Wildman–Crippen LogP) is 4.30. The molecule has 2 aromatic rings. The molecule has 4 nitrogen and oxygen atoms in total. The first-order valence-corrected chi connectivity index (χ1v) is 6.56. The van der Waals surface area contributed by atoms with Gasteiger partial charge in [0, 0.05) is 0 Å². The molecule has 0 fully saturated rings. The van der Waals surface area contributed by atoms with Gasteiger partial charge in [-0.1, -0.05) is 24.3 Å². The molecule has 8 N–H and O–H groups in total. The van der Waals surface area contributed by atoms with Crippen LogP contribution in [0.4, 0.5) is 57.3 Å². The van der Waals surface area contributed by atoms with Gasteiger partial charge in [-0.3, -0.25) is 0 Å². The normalized spacial score (nSPS) is 9.78. The van der Waals surface area contributed by atoms with Crippen LogP contribution in [0.25, 0.3) is 0 Å². The van der Waals surface area contributed by atoms with E-state index in [4.69, 9.17) is 22.9 Å². The molecule has 157 valence electrons. The number of benzene rings is 2. The van der Waals surface area contributed by atoms with Crippen LogP contribution < -0.4 is 22.9 Å². The van der Waals surface area contributed by atoms with E-state index in [9.17, 15) is 34.5 Å². The van der Waals surface area contributed by atoms with Crippen LogP contribution in [0.2, 0.25) is 0 Å². The number of hydrogen-bond donors (Lipinski definition) is 4. The zero-order valence-corrected chi connectivity index (χ0v) is 14.3. The molecule has 1 radical (unpaired) electrons. The number of halogens is 8. The summed E-state index contributed by atoms with van der Waals surface area (Å²) in [5.41, 5.74) is 24.2. The second-order valence-corrected chi connectivity index (χ2v) is 4.25. The Morgan fingerprint density at radius 2 is 0.556 bits per heavy atom. The second kappa shape index (κ2) is 13.9. The van der Waals surface area contributed by atoms with Crippen molar-refractivity contribution in [3.63, 3.8) is 0 Å². The fourth-order valence-corrected chi connectivity index (χ4v) is 1.02.